The lowest BCUT2D eigenvalue weighted by atomic mass is 9.43. The van der Waals surface area contributed by atoms with E-state index in [9.17, 15) is 35.1 Å². The molecule has 0 amide bonds. The first-order chi connectivity index (χ1) is 12.5. The fourth-order valence-electron chi connectivity index (χ4n) is 6.06. The normalized spacial score (nSPS) is 50.3. The third kappa shape index (κ3) is 1.56. The van der Waals surface area contributed by atoms with Crippen LogP contribution < -0.4 is 0 Å². The Balaban J connectivity index is 1.87. The Hall–Kier alpha value is -1.84. The van der Waals surface area contributed by atoms with E-state index in [4.69, 9.17) is 4.74 Å². The summed E-state index contributed by atoms with van der Waals surface area (Å²) in [7, 11) is 0. The molecule has 2 heterocycles. The second-order valence-electron chi connectivity index (χ2n) is 8.57. The Morgan fingerprint density at radius 3 is 2.59 bits per heavy atom. The molecule has 7 atom stereocenters. The summed E-state index contributed by atoms with van der Waals surface area (Å²) in [4.78, 5) is 26.2. The number of aliphatic hydroxyl groups is 4. The molecule has 144 valence electrons. The molecule has 2 saturated heterocycles. The van der Waals surface area contributed by atoms with Crippen LogP contribution in [0, 0.1) is 5.92 Å². The number of hydrogen-bond acceptors (Lipinski definition) is 8. The van der Waals surface area contributed by atoms with Crippen LogP contribution in [0.5, 0.6) is 5.75 Å². The zero-order valence-electron chi connectivity index (χ0n) is 14.5. The van der Waals surface area contributed by atoms with E-state index in [-0.39, 0.29) is 36.1 Å². The number of benzene rings is 1. The van der Waals surface area contributed by atoms with Crippen LogP contribution in [0.15, 0.2) is 18.2 Å². The van der Waals surface area contributed by atoms with Gasteiger partial charge in [0.25, 0.3) is 0 Å². The number of ketones is 2. The predicted octanol–water partition coefficient (Wildman–Crippen LogP) is -0.645. The lowest BCUT2D eigenvalue weighted by molar-refractivity contribution is -0.409. The molecule has 2 aliphatic heterocycles. The number of Topliss-reactive ketones (excluding diaryl/α,β-unsaturated/α-hetero) is 2. The van der Waals surface area contributed by atoms with E-state index in [0.29, 0.717) is 0 Å². The largest absolute Gasteiger partial charge is 0.507 e. The number of rotatable bonds is 0. The van der Waals surface area contributed by atoms with Crippen LogP contribution in [0.2, 0.25) is 0 Å². The van der Waals surface area contributed by atoms with Crippen molar-refractivity contribution in [3.05, 3.63) is 29.3 Å². The first-order valence-corrected chi connectivity index (χ1v) is 8.92. The van der Waals surface area contributed by atoms with Gasteiger partial charge in [-0.25, -0.2) is 0 Å². The third-order valence-electron chi connectivity index (χ3n) is 7.06. The highest BCUT2D eigenvalue weighted by Gasteiger charge is 2.86. The third-order valence-corrected chi connectivity index (χ3v) is 7.06. The van der Waals surface area contributed by atoms with Gasteiger partial charge in [0.2, 0.25) is 0 Å². The highest BCUT2D eigenvalue weighted by Crippen LogP contribution is 2.68. The molecular weight excluding hydrogens is 356 g/mol. The molecule has 8 heteroatoms. The van der Waals surface area contributed by atoms with Crippen LogP contribution in [-0.2, 0) is 9.53 Å². The van der Waals surface area contributed by atoms with Crippen molar-refractivity contribution in [1.82, 2.24) is 0 Å². The van der Waals surface area contributed by atoms with Crippen LogP contribution in [0.4, 0.5) is 0 Å². The highest BCUT2D eigenvalue weighted by atomic mass is 16.6. The Morgan fingerprint density at radius 2 is 1.89 bits per heavy atom. The number of aliphatic hydroxyl groups excluding tert-OH is 2. The summed E-state index contributed by atoms with van der Waals surface area (Å²) >= 11 is 0. The zero-order chi connectivity index (χ0) is 19.6. The maximum absolute atomic E-state index is 13.2. The molecule has 0 unspecified atom stereocenters. The number of hydrogen-bond donors (Lipinski definition) is 5. The van der Waals surface area contributed by atoms with Crippen molar-refractivity contribution in [2.75, 3.05) is 0 Å². The summed E-state index contributed by atoms with van der Waals surface area (Å²) < 4.78 is 6.11. The van der Waals surface area contributed by atoms with Crippen molar-refractivity contribution in [3.63, 3.8) is 0 Å². The van der Waals surface area contributed by atoms with Gasteiger partial charge >= 0.3 is 0 Å². The Morgan fingerprint density at radius 1 is 1.19 bits per heavy atom. The van der Waals surface area contributed by atoms with Gasteiger partial charge in [-0.1, -0.05) is 12.1 Å². The molecule has 4 fully saturated rings. The van der Waals surface area contributed by atoms with E-state index in [2.05, 4.69) is 0 Å². The molecule has 4 bridgehead atoms. The standard InChI is InChI=1S/C19H20O8/c1-16-6-12(22)19(26)17(25,7-16)11(21)5-9-14(23)13-8(3-2-4-10(13)20)15(24)18(9,19)27-16/h2-4,9,11,15,20-21,24-26H,5-7H2,1H3/t9-,11-,15+,16+,17+,18-,19+/m0/s1. The number of aromatic hydroxyl groups is 1. The Labute approximate surface area is 154 Å². The van der Waals surface area contributed by atoms with E-state index < -0.39 is 52.1 Å². The molecule has 8 nitrogen and oxygen atoms in total. The van der Waals surface area contributed by atoms with Gasteiger partial charge < -0.3 is 30.3 Å². The van der Waals surface area contributed by atoms with E-state index in [1.807, 2.05) is 0 Å². The molecule has 5 aliphatic rings. The number of fused-ring (bicyclic) bond motifs is 2. The van der Waals surface area contributed by atoms with Crippen LogP contribution >= 0.6 is 0 Å². The first kappa shape index (κ1) is 17.3. The maximum Gasteiger partial charge on any atom is 0.187 e. The first-order valence-electron chi connectivity index (χ1n) is 8.92. The summed E-state index contributed by atoms with van der Waals surface area (Å²) in [5.74, 6) is -3.07. The molecule has 3 aliphatic carbocycles. The van der Waals surface area contributed by atoms with E-state index >= 15 is 0 Å². The summed E-state index contributed by atoms with van der Waals surface area (Å²) in [6.07, 6.45) is -3.95. The zero-order valence-corrected chi connectivity index (χ0v) is 14.5. The molecule has 0 radical (unpaired) electrons. The van der Waals surface area contributed by atoms with E-state index in [1.165, 1.54) is 18.2 Å². The number of phenols is 1. The van der Waals surface area contributed by atoms with Crippen molar-refractivity contribution in [1.29, 1.82) is 0 Å². The maximum atomic E-state index is 13.2. The summed E-state index contributed by atoms with van der Waals surface area (Å²) in [6, 6.07) is 4.14. The predicted molar refractivity (Wildman–Crippen MR) is 87.9 cm³/mol. The molecule has 5 N–H and O–H groups in total. The van der Waals surface area contributed by atoms with Crippen molar-refractivity contribution >= 4 is 11.6 Å². The lowest BCUT2D eigenvalue weighted by Gasteiger charge is -2.72. The molecule has 1 aromatic carbocycles. The quantitative estimate of drug-likeness (QED) is 0.402. The van der Waals surface area contributed by atoms with Crippen molar-refractivity contribution in [2.45, 2.75) is 60.8 Å². The van der Waals surface area contributed by atoms with E-state index in [0.717, 1.165) is 0 Å². The Bertz CT molecular complexity index is 913. The van der Waals surface area contributed by atoms with Gasteiger partial charge in [-0.05, 0) is 25.0 Å². The SMILES string of the molecule is C[C@]12CC(=O)[C@]3(O)[C@@]4(O1)[C@H](O)c1cccc(O)c1C(=O)[C@@H]4C[C@H](O)[C@]3(O)C2. The minimum atomic E-state index is -2.65. The fourth-order valence-corrected chi connectivity index (χ4v) is 6.06. The molecule has 2 saturated carbocycles. The monoisotopic (exact) mass is 376 g/mol. The number of ether oxygens (including phenoxy) is 1. The summed E-state index contributed by atoms with van der Waals surface area (Å²) in [5, 5.41) is 54.8. The number of carbonyl (C=O) groups excluding carboxylic acids is 2. The summed E-state index contributed by atoms with van der Waals surface area (Å²) in [6.45, 7) is 1.56. The van der Waals surface area contributed by atoms with Crippen LogP contribution in [0.3, 0.4) is 0 Å². The molecule has 0 aromatic heterocycles. The van der Waals surface area contributed by atoms with Crippen molar-refractivity contribution < 1.29 is 39.9 Å². The Kier molecular flexibility index (Phi) is 2.93. The molecule has 27 heavy (non-hydrogen) atoms. The van der Waals surface area contributed by atoms with Gasteiger partial charge in [0.05, 0.1) is 23.2 Å². The van der Waals surface area contributed by atoms with Crippen LogP contribution in [0.1, 0.15) is 48.2 Å². The summed E-state index contributed by atoms with van der Waals surface area (Å²) in [5.41, 5.74) is -8.40. The van der Waals surface area contributed by atoms with Crippen molar-refractivity contribution in [3.8, 4) is 5.75 Å². The van der Waals surface area contributed by atoms with Gasteiger partial charge in [-0.15, -0.1) is 0 Å². The highest BCUT2D eigenvalue weighted by molar-refractivity contribution is 6.06. The average molecular weight is 376 g/mol. The minimum absolute atomic E-state index is 0.0207. The number of carbonyl (C=O) groups is 2. The molecular formula is C19H20O8. The van der Waals surface area contributed by atoms with E-state index in [1.54, 1.807) is 6.92 Å². The molecule has 1 spiro atoms. The second kappa shape index (κ2) is 4.59. The fraction of sp³-hybridized carbons (Fsp3) is 0.579. The van der Waals surface area contributed by atoms with Crippen molar-refractivity contribution in [2.24, 2.45) is 5.92 Å². The van der Waals surface area contributed by atoms with Crippen LogP contribution in [0.25, 0.3) is 0 Å². The van der Waals surface area contributed by atoms with Gasteiger partial charge in [0.1, 0.15) is 23.1 Å². The molecule has 6 rings (SSSR count). The van der Waals surface area contributed by atoms with Gasteiger partial charge in [0, 0.05) is 12.8 Å². The van der Waals surface area contributed by atoms with Gasteiger partial charge in [-0.3, -0.25) is 9.59 Å². The topological polar surface area (TPSA) is 145 Å². The minimum Gasteiger partial charge on any atom is -0.507 e. The smallest absolute Gasteiger partial charge is 0.187 e. The molecule has 1 aromatic rings. The number of phenolic OH excluding ortho intramolecular Hbond substituents is 1. The average Bonchev–Trinajstić information content (AvgIpc) is 2.57. The van der Waals surface area contributed by atoms with Gasteiger partial charge in [0.15, 0.2) is 17.2 Å². The lowest BCUT2D eigenvalue weighted by Crippen LogP contribution is -2.91. The van der Waals surface area contributed by atoms with Gasteiger partial charge in [-0.2, -0.15) is 0 Å². The van der Waals surface area contributed by atoms with Crippen LogP contribution in [-0.4, -0.2) is 65.6 Å². The second-order valence-corrected chi connectivity index (χ2v) is 8.57.